The van der Waals surface area contributed by atoms with E-state index in [0.29, 0.717) is 11.1 Å². The van der Waals surface area contributed by atoms with E-state index in [-0.39, 0.29) is 0 Å². The highest BCUT2D eigenvalue weighted by molar-refractivity contribution is 7.80. The van der Waals surface area contributed by atoms with Crippen LogP contribution in [-0.2, 0) is 0 Å². The van der Waals surface area contributed by atoms with Gasteiger partial charge >= 0.3 is 0 Å². The van der Waals surface area contributed by atoms with Crippen molar-refractivity contribution in [3.05, 3.63) is 54.6 Å². The highest BCUT2D eigenvalue weighted by atomic mass is 32.1. The highest BCUT2D eigenvalue weighted by Crippen LogP contribution is 2.13. The van der Waals surface area contributed by atoms with E-state index in [2.05, 4.69) is 20.6 Å². The van der Waals surface area contributed by atoms with Gasteiger partial charge in [0.25, 0.3) is 0 Å². The fourth-order valence-electron chi connectivity index (χ4n) is 1.80. The van der Waals surface area contributed by atoms with Crippen molar-refractivity contribution in [3.8, 4) is 0 Å². The lowest BCUT2D eigenvalue weighted by molar-refractivity contribution is 1.33. The van der Waals surface area contributed by atoms with Gasteiger partial charge in [0.15, 0.2) is 5.11 Å². The third kappa shape index (κ3) is 2.71. The monoisotopic (exact) mass is 268 g/mol. The number of H-pyrrole nitrogens is 1. The summed E-state index contributed by atoms with van der Waals surface area (Å²) in [7, 11) is 0. The average Bonchev–Trinajstić information content (AvgIpc) is 2.81. The zero-order chi connectivity index (χ0) is 13.1. The molecule has 0 aliphatic heterocycles. The number of para-hydroxylation sites is 3. The number of nitrogens with zero attached hydrogens (tertiary/aromatic N) is 1. The molecule has 4 nitrogen and oxygen atoms in total. The molecule has 3 aromatic rings. The zero-order valence-electron chi connectivity index (χ0n) is 10.1. The van der Waals surface area contributed by atoms with Gasteiger partial charge in [-0.05, 0) is 36.5 Å². The number of imidazole rings is 1. The van der Waals surface area contributed by atoms with Gasteiger partial charge in [0.1, 0.15) is 0 Å². The Hall–Kier alpha value is -2.40. The van der Waals surface area contributed by atoms with Gasteiger partial charge in [-0.1, -0.05) is 30.3 Å². The largest absolute Gasteiger partial charge is 0.332 e. The minimum Gasteiger partial charge on any atom is -0.332 e. The predicted molar refractivity (Wildman–Crippen MR) is 82.4 cm³/mol. The molecule has 0 radical (unpaired) electrons. The Morgan fingerprint density at radius 1 is 0.947 bits per heavy atom. The maximum atomic E-state index is 5.24. The van der Waals surface area contributed by atoms with Crippen LogP contribution in [0.25, 0.3) is 11.0 Å². The fraction of sp³-hybridized carbons (Fsp3) is 0. The molecule has 0 fully saturated rings. The second-order valence-corrected chi connectivity index (χ2v) is 4.46. The normalized spacial score (nSPS) is 10.3. The Kier molecular flexibility index (Phi) is 3.12. The molecular weight excluding hydrogens is 256 g/mol. The van der Waals surface area contributed by atoms with E-state index in [1.54, 1.807) is 0 Å². The number of thiocarbonyl (C=S) groups is 1. The minimum atomic E-state index is 0.505. The van der Waals surface area contributed by atoms with E-state index in [9.17, 15) is 0 Å². The van der Waals surface area contributed by atoms with Crippen LogP contribution in [0.5, 0.6) is 0 Å². The van der Waals surface area contributed by atoms with Crippen LogP contribution in [0.3, 0.4) is 0 Å². The number of benzene rings is 2. The Morgan fingerprint density at radius 2 is 1.68 bits per heavy atom. The summed E-state index contributed by atoms with van der Waals surface area (Å²) in [5, 5.41) is 6.63. The van der Waals surface area contributed by atoms with Gasteiger partial charge in [0, 0.05) is 5.69 Å². The average molecular weight is 268 g/mol. The van der Waals surface area contributed by atoms with E-state index in [1.165, 1.54) is 0 Å². The van der Waals surface area contributed by atoms with Gasteiger partial charge in [-0.25, -0.2) is 4.98 Å². The summed E-state index contributed by atoms with van der Waals surface area (Å²) in [4.78, 5) is 7.56. The lowest BCUT2D eigenvalue weighted by atomic mass is 10.3. The second kappa shape index (κ2) is 5.07. The van der Waals surface area contributed by atoms with Gasteiger partial charge in [0.2, 0.25) is 5.95 Å². The van der Waals surface area contributed by atoms with Gasteiger partial charge < -0.3 is 15.6 Å². The predicted octanol–water partition coefficient (Wildman–Crippen LogP) is 3.37. The SMILES string of the molecule is S=C(Nc1ccccc1)Nc1nc2ccccc2[nH]1. The van der Waals surface area contributed by atoms with Crippen molar-refractivity contribution in [2.24, 2.45) is 0 Å². The van der Waals surface area contributed by atoms with Crippen LogP contribution in [0.2, 0.25) is 0 Å². The molecule has 0 aliphatic rings. The highest BCUT2D eigenvalue weighted by Gasteiger charge is 2.03. The van der Waals surface area contributed by atoms with Crippen molar-refractivity contribution >= 4 is 40.0 Å². The molecule has 0 unspecified atom stereocenters. The minimum absolute atomic E-state index is 0.505. The van der Waals surface area contributed by atoms with Crippen molar-refractivity contribution < 1.29 is 0 Å². The molecule has 0 spiro atoms. The van der Waals surface area contributed by atoms with E-state index in [0.717, 1.165) is 16.7 Å². The van der Waals surface area contributed by atoms with E-state index < -0.39 is 0 Å². The summed E-state index contributed by atoms with van der Waals surface area (Å²) in [5.74, 6) is 0.634. The first kappa shape index (κ1) is 11.7. The summed E-state index contributed by atoms with van der Waals surface area (Å²) in [5.41, 5.74) is 2.83. The van der Waals surface area contributed by atoms with Crippen molar-refractivity contribution in [2.75, 3.05) is 10.6 Å². The molecule has 19 heavy (non-hydrogen) atoms. The quantitative estimate of drug-likeness (QED) is 0.624. The zero-order valence-corrected chi connectivity index (χ0v) is 10.9. The molecule has 1 aromatic heterocycles. The maximum absolute atomic E-state index is 5.24. The molecule has 3 rings (SSSR count). The molecule has 0 amide bonds. The standard InChI is InChI=1S/C14H12N4S/c19-14(15-10-6-2-1-3-7-10)18-13-16-11-8-4-5-9-12(11)17-13/h1-9H,(H3,15,16,17,18,19). The van der Waals surface area contributed by atoms with E-state index >= 15 is 0 Å². The van der Waals surface area contributed by atoms with Crippen molar-refractivity contribution in [1.82, 2.24) is 9.97 Å². The number of hydrogen-bond donors (Lipinski definition) is 3. The van der Waals surface area contributed by atoms with Crippen molar-refractivity contribution in [2.45, 2.75) is 0 Å². The second-order valence-electron chi connectivity index (χ2n) is 4.05. The lowest BCUT2D eigenvalue weighted by Gasteiger charge is -2.07. The van der Waals surface area contributed by atoms with Gasteiger partial charge in [0.05, 0.1) is 11.0 Å². The molecule has 1 heterocycles. The lowest BCUT2D eigenvalue weighted by Crippen LogP contribution is -2.19. The molecule has 5 heteroatoms. The van der Waals surface area contributed by atoms with Crippen molar-refractivity contribution in [1.29, 1.82) is 0 Å². The van der Waals surface area contributed by atoms with Crippen LogP contribution >= 0.6 is 12.2 Å². The molecule has 2 aromatic carbocycles. The summed E-state index contributed by atoms with van der Waals surface area (Å²) < 4.78 is 0. The molecule has 3 N–H and O–H groups in total. The molecular formula is C14H12N4S. The summed E-state index contributed by atoms with van der Waals surface area (Å²) in [6.07, 6.45) is 0. The van der Waals surface area contributed by atoms with Crippen LogP contribution in [0.1, 0.15) is 0 Å². The Labute approximate surface area is 115 Å². The fourth-order valence-corrected chi connectivity index (χ4v) is 2.02. The van der Waals surface area contributed by atoms with Crippen LogP contribution in [-0.4, -0.2) is 15.1 Å². The van der Waals surface area contributed by atoms with Crippen LogP contribution in [0.15, 0.2) is 54.6 Å². The first-order valence-corrected chi connectivity index (χ1v) is 6.30. The molecule has 0 saturated carbocycles. The third-order valence-corrected chi connectivity index (χ3v) is 2.86. The number of nitrogens with one attached hydrogen (secondary N) is 3. The summed E-state index contributed by atoms with van der Waals surface area (Å²) in [6.45, 7) is 0. The van der Waals surface area contributed by atoms with E-state index in [4.69, 9.17) is 12.2 Å². The molecule has 0 atom stereocenters. The first-order valence-electron chi connectivity index (χ1n) is 5.89. The Balaban J connectivity index is 1.72. The molecule has 0 bridgehead atoms. The topological polar surface area (TPSA) is 52.7 Å². The molecule has 94 valence electrons. The number of rotatable bonds is 2. The van der Waals surface area contributed by atoms with E-state index in [1.807, 2.05) is 54.6 Å². The third-order valence-electron chi connectivity index (χ3n) is 2.65. The summed E-state index contributed by atoms with van der Waals surface area (Å²) >= 11 is 5.24. The number of fused-ring (bicyclic) bond motifs is 1. The maximum Gasteiger partial charge on any atom is 0.207 e. The smallest absolute Gasteiger partial charge is 0.207 e. The Bertz CT molecular complexity index is 673. The van der Waals surface area contributed by atoms with Gasteiger partial charge in [-0.15, -0.1) is 0 Å². The van der Waals surface area contributed by atoms with Crippen LogP contribution < -0.4 is 10.6 Å². The van der Waals surface area contributed by atoms with Crippen LogP contribution in [0.4, 0.5) is 11.6 Å². The Morgan fingerprint density at radius 3 is 2.47 bits per heavy atom. The van der Waals surface area contributed by atoms with Gasteiger partial charge in [-0.3, -0.25) is 0 Å². The summed E-state index contributed by atoms with van der Waals surface area (Å²) in [6, 6.07) is 17.6. The number of aromatic amines is 1. The number of anilines is 2. The van der Waals surface area contributed by atoms with Crippen molar-refractivity contribution in [3.63, 3.8) is 0 Å². The van der Waals surface area contributed by atoms with Gasteiger partial charge in [-0.2, -0.15) is 0 Å². The molecule has 0 aliphatic carbocycles. The van der Waals surface area contributed by atoms with Crippen LogP contribution in [0, 0.1) is 0 Å². The number of hydrogen-bond acceptors (Lipinski definition) is 2. The first-order chi connectivity index (χ1) is 9.31. The number of aromatic nitrogens is 2. The molecule has 0 saturated heterocycles.